The lowest BCUT2D eigenvalue weighted by atomic mass is 9.77. The van der Waals surface area contributed by atoms with Crippen molar-refractivity contribution >= 4 is 34.0 Å². The molecule has 2 heterocycles. The normalized spacial score (nSPS) is 23.1. The summed E-state index contributed by atoms with van der Waals surface area (Å²) in [7, 11) is 0. The quantitative estimate of drug-likeness (QED) is 0.461. The van der Waals surface area contributed by atoms with Gasteiger partial charge in [-0.25, -0.2) is 0 Å². The van der Waals surface area contributed by atoms with E-state index in [1.54, 1.807) is 12.1 Å². The van der Waals surface area contributed by atoms with Gasteiger partial charge in [0.15, 0.2) is 11.6 Å². The fourth-order valence-corrected chi connectivity index (χ4v) is 5.28. The van der Waals surface area contributed by atoms with Gasteiger partial charge in [0.25, 0.3) is 0 Å². The molecule has 1 saturated heterocycles. The van der Waals surface area contributed by atoms with E-state index in [0.29, 0.717) is 41.0 Å². The second-order valence-corrected chi connectivity index (χ2v) is 8.78. The highest BCUT2D eigenvalue weighted by molar-refractivity contribution is 6.33. The molecule has 3 aliphatic rings. The molecule has 6 nitrogen and oxygen atoms in total. The molecule has 0 saturated carbocycles. The summed E-state index contributed by atoms with van der Waals surface area (Å²) in [5, 5.41) is 5.14. The molecule has 1 aliphatic carbocycles. The topological polar surface area (TPSA) is 81.7 Å². The maximum absolute atomic E-state index is 13.7. The largest absolute Gasteiger partial charge is 0.458 e. The predicted molar refractivity (Wildman–Crippen MR) is 118 cm³/mol. The van der Waals surface area contributed by atoms with Gasteiger partial charge in [-0.15, -0.1) is 0 Å². The van der Waals surface area contributed by atoms with Crippen molar-refractivity contribution in [3.63, 3.8) is 0 Å². The third-order valence-electron chi connectivity index (χ3n) is 6.73. The van der Waals surface area contributed by atoms with Gasteiger partial charge in [0, 0.05) is 35.6 Å². The number of rotatable bonds is 1. The molecular formula is C26H21NO5. The Bertz CT molecular complexity index is 1360. The van der Waals surface area contributed by atoms with Crippen molar-refractivity contribution in [3.05, 3.63) is 75.8 Å². The Morgan fingerprint density at radius 1 is 1.03 bits per heavy atom. The molecule has 3 aromatic carbocycles. The van der Waals surface area contributed by atoms with Crippen molar-refractivity contribution in [2.75, 3.05) is 11.9 Å². The van der Waals surface area contributed by atoms with Crippen LogP contribution in [0.2, 0.25) is 0 Å². The summed E-state index contributed by atoms with van der Waals surface area (Å²) >= 11 is 0. The number of anilines is 1. The van der Waals surface area contributed by atoms with Crippen molar-refractivity contribution in [1.82, 2.24) is 0 Å². The van der Waals surface area contributed by atoms with Crippen LogP contribution in [0, 0.1) is 6.92 Å². The number of ether oxygens (including phenoxy) is 2. The number of carbonyl (C=O) groups is 3. The average Bonchev–Trinajstić information content (AvgIpc) is 2.77. The van der Waals surface area contributed by atoms with Crippen molar-refractivity contribution < 1.29 is 23.9 Å². The van der Waals surface area contributed by atoms with Gasteiger partial charge in [0.05, 0.1) is 30.0 Å². The molecule has 3 aromatic rings. The van der Waals surface area contributed by atoms with Crippen LogP contribution in [0.5, 0.6) is 0 Å². The van der Waals surface area contributed by atoms with Crippen molar-refractivity contribution in [2.45, 2.75) is 38.5 Å². The maximum atomic E-state index is 13.7. The molecule has 32 heavy (non-hydrogen) atoms. The number of hydrogen-bond donors (Lipinski definition) is 1. The molecule has 0 aromatic heterocycles. The zero-order valence-electron chi connectivity index (χ0n) is 17.7. The first-order valence-corrected chi connectivity index (χ1v) is 10.8. The summed E-state index contributed by atoms with van der Waals surface area (Å²) < 4.78 is 11.4. The monoisotopic (exact) mass is 427 g/mol. The molecule has 0 unspecified atom stereocenters. The van der Waals surface area contributed by atoms with Gasteiger partial charge in [-0.2, -0.15) is 0 Å². The van der Waals surface area contributed by atoms with Gasteiger partial charge in [0.1, 0.15) is 6.10 Å². The smallest absolute Gasteiger partial charge is 0.303 e. The first kappa shape index (κ1) is 19.2. The van der Waals surface area contributed by atoms with Crippen LogP contribution in [-0.2, 0) is 14.3 Å². The van der Waals surface area contributed by atoms with Gasteiger partial charge in [0.2, 0.25) is 0 Å². The third-order valence-corrected chi connectivity index (χ3v) is 6.73. The van der Waals surface area contributed by atoms with Crippen LogP contribution in [0.3, 0.4) is 0 Å². The van der Waals surface area contributed by atoms with Crippen LogP contribution in [-0.4, -0.2) is 36.3 Å². The van der Waals surface area contributed by atoms with Crippen LogP contribution in [0.15, 0.2) is 42.5 Å². The summed E-state index contributed by atoms with van der Waals surface area (Å²) in [6.45, 7) is 3.66. The lowest BCUT2D eigenvalue weighted by molar-refractivity contribution is -0.158. The fourth-order valence-electron chi connectivity index (χ4n) is 5.28. The van der Waals surface area contributed by atoms with Crippen LogP contribution in [0.25, 0.3) is 10.8 Å². The van der Waals surface area contributed by atoms with E-state index in [1.807, 2.05) is 37.3 Å². The first-order valence-electron chi connectivity index (χ1n) is 10.8. The number of ketones is 2. The number of nitrogens with one attached hydrogen (secondary N) is 1. The molecule has 160 valence electrons. The van der Waals surface area contributed by atoms with Gasteiger partial charge >= 0.3 is 5.97 Å². The average molecular weight is 427 g/mol. The van der Waals surface area contributed by atoms with E-state index in [1.165, 1.54) is 6.92 Å². The summed E-state index contributed by atoms with van der Waals surface area (Å²) in [5.41, 5.74) is 4.24. The summed E-state index contributed by atoms with van der Waals surface area (Å²) in [6, 6.07) is 13.0. The van der Waals surface area contributed by atoms with Crippen molar-refractivity contribution in [3.8, 4) is 0 Å². The Kier molecular flexibility index (Phi) is 4.04. The number of fused-ring (bicyclic) bond motifs is 9. The Morgan fingerprint density at radius 3 is 2.59 bits per heavy atom. The molecule has 1 fully saturated rings. The molecule has 2 aliphatic heterocycles. The summed E-state index contributed by atoms with van der Waals surface area (Å²) in [6.07, 6.45) is -0.0224. The molecule has 3 atom stereocenters. The number of hydrogen-bond acceptors (Lipinski definition) is 6. The van der Waals surface area contributed by atoms with Crippen LogP contribution in [0.1, 0.15) is 62.4 Å². The predicted octanol–water partition coefficient (Wildman–Crippen LogP) is 4.11. The fraction of sp³-hybridized carbons (Fsp3) is 0.269. The Morgan fingerprint density at radius 2 is 1.78 bits per heavy atom. The number of esters is 1. The molecule has 0 radical (unpaired) electrons. The maximum Gasteiger partial charge on any atom is 0.303 e. The number of benzene rings is 3. The Labute approximate surface area is 184 Å². The molecule has 6 heteroatoms. The Balaban J connectivity index is 1.51. The van der Waals surface area contributed by atoms with Crippen LogP contribution in [0.4, 0.5) is 5.69 Å². The van der Waals surface area contributed by atoms with E-state index in [2.05, 4.69) is 5.32 Å². The van der Waals surface area contributed by atoms with E-state index < -0.39 is 6.10 Å². The summed E-state index contributed by atoms with van der Waals surface area (Å²) in [4.78, 5) is 38.8. The number of carbonyl (C=O) groups excluding carboxylic acids is 3. The highest BCUT2D eigenvalue weighted by atomic mass is 16.6. The SMILES string of the molecule is CC(=O)O[C@@H]1CO[C@H]2C[C@@H]1Nc1c2ccc2c1C(=O)c1ccc3cc(C)ccc3c1C2=O. The second kappa shape index (κ2) is 6.74. The van der Waals surface area contributed by atoms with Gasteiger partial charge in [-0.1, -0.05) is 35.9 Å². The molecule has 0 amide bonds. The first-order chi connectivity index (χ1) is 15.4. The minimum atomic E-state index is -0.443. The number of aryl methyl sites for hydroxylation is 1. The highest BCUT2D eigenvalue weighted by Crippen LogP contribution is 2.45. The summed E-state index contributed by atoms with van der Waals surface area (Å²) in [5.74, 6) is -0.700. The minimum Gasteiger partial charge on any atom is -0.458 e. The van der Waals surface area contributed by atoms with E-state index in [0.717, 1.165) is 21.9 Å². The Hall–Kier alpha value is -3.51. The van der Waals surface area contributed by atoms with E-state index in [9.17, 15) is 14.4 Å². The van der Waals surface area contributed by atoms with Gasteiger partial charge in [-0.05, 0) is 29.8 Å². The van der Waals surface area contributed by atoms with Crippen LogP contribution < -0.4 is 5.32 Å². The molecule has 1 N–H and O–H groups in total. The van der Waals surface area contributed by atoms with E-state index in [4.69, 9.17) is 9.47 Å². The lowest BCUT2D eigenvalue weighted by Gasteiger charge is -2.42. The van der Waals surface area contributed by atoms with Gasteiger partial charge in [-0.3, -0.25) is 14.4 Å². The third kappa shape index (κ3) is 2.66. The van der Waals surface area contributed by atoms with Crippen molar-refractivity contribution in [1.29, 1.82) is 0 Å². The minimum absolute atomic E-state index is 0.151. The lowest BCUT2D eigenvalue weighted by Crippen LogP contribution is -2.48. The molecular weight excluding hydrogens is 406 g/mol. The zero-order chi connectivity index (χ0) is 22.1. The zero-order valence-corrected chi connectivity index (χ0v) is 17.7. The molecule has 0 spiro atoms. The van der Waals surface area contributed by atoms with Crippen LogP contribution >= 0.6 is 0 Å². The van der Waals surface area contributed by atoms with E-state index >= 15 is 0 Å². The van der Waals surface area contributed by atoms with Gasteiger partial charge < -0.3 is 14.8 Å². The molecule has 2 bridgehead atoms. The highest BCUT2D eigenvalue weighted by Gasteiger charge is 2.43. The second-order valence-electron chi connectivity index (χ2n) is 8.78. The standard InChI is InChI=1S/C26H21NO5/c1-12-3-5-15-14(9-12)4-6-17-22(15)25(29)18-8-7-16-20-10-19(21(11-31-20)32-13(2)28)27-24(16)23(18)26(17)30/h3-9,19-21,27H,10-11H2,1-2H3/t19-,20-,21+/m0/s1. The molecule has 6 rings (SSSR count). The van der Waals surface area contributed by atoms with E-state index in [-0.39, 0.29) is 29.7 Å². The van der Waals surface area contributed by atoms with Crippen molar-refractivity contribution in [2.24, 2.45) is 0 Å².